The third-order valence-corrected chi connectivity index (χ3v) is 8.21. The number of carbonyl (C=O) groups is 1. The second kappa shape index (κ2) is 12.9. The van der Waals surface area contributed by atoms with Gasteiger partial charge < -0.3 is 19.5 Å². The normalized spacial score (nSPS) is 12.4. The van der Waals surface area contributed by atoms with Crippen LogP contribution in [0.3, 0.4) is 0 Å². The highest BCUT2D eigenvalue weighted by atomic mass is 32.2. The maximum Gasteiger partial charge on any atom is 0.264 e. The molecule has 9 heteroatoms. The van der Waals surface area contributed by atoms with Gasteiger partial charge in [-0.2, -0.15) is 0 Å². The first-order chi connectivity index (χ1) is 18.5. The van der Waals surface area contributed by atoms with Crippen molar-refractivity contribution >= 4 is 21.6 Å². The summed E-state index contributed by atoms with van der Waals surface area (Å²) in [7, 11) is -1.24. The van der Waals surface area contributed by atoms with E-state index >= 15 is 0 Å². The first-order valence-corrected chi connectivity index (χ1v) is 14.3. The van der Waals surface area contributed by atoms with Gasteiger partial charge in [-0.05, 0) is 67.6 Å². The van der Waals surface area contributed by atoms with Gasteiger partial charge in [0.2, 0.25) is 5.91 Å². The summed E-state index contributed by atoms with van der Waals surface area (Å²) >= 11 is 0. The summed E-state index contributed by atoms with van der Waals surface area (Å²) in [5.41, 5.74) is 1.31. The fraction of sp³-hybridized carbons (Fsp3) is 0.367. The predicted molar refractivity (Wildman–Crippen MR) is 153 cm³/mol. The number of methoxy groups -OCH3 is 2. The minimum atomic E-state index is -4.15. The van der Waals surface area contributed by atoms with E-state index in [-0.39, 0.29) is 22.1 Å². The number of nitrogens with one attached hydrogen (secondary N) is 1. The number of amides is 1. The number of nitrogens with zero attached hydrogens (tertiary/aromatic N) is 1. The maximum absolute atomic E-state index is 13.9. The molecular formula is C30H38N2O6S. The minimum Gasteiger partial charge on any atom is -0.494 e. The Labute approximate surface area is 231 Å². The van der Waals surface area contributed by atoms with E-state index < -0.39 is 22.5 Å². The monoisotopic (exact) mass is 554 g/mol. The molecular weight excluding hydrogens is 516 g/mol. The van der Waals surface area contributed by atoms with Gasteiger partial charge in [-0.1, -0.05) is 44.2 Å². The number of carbonyl (C=O) groups excluding carboxylic acids is 1. The van der Waals surface area contributed by atoms with Gasteiger partial charge >= 0.3 is 0 Å². The molecule has 1 unspecified atom stereocenters. The summed E-state index contributed by atoms with van der Waals surface area (Å²) in [5, 5.41) is 2.99. The molecule has 1 atom stereocenters. The fourth-order valence-electron chi connectivity index (χ4n) is 4.57. The van der Waals surface area contributed by atoms with E-state index in [9.17, 15) is 13.2 Å². The molecule has 0 aliphatic carbocycles. The summed E-state index contributed by atoms with van der Waals surface area (Å²) in [6.07, 6.45) is 0.675. The number of benzene rings is 3. The summed E-state index contributed by atoms with van der Waals surface area (Å²) in [6.45, 7) is 8.11. The molecule has 0 saturated carbocycles. The second-order valence-corrected chi connectivity index (χ2v) is 11.7. The molecule has 1 N–H and O–H groups in total. The summed E-state index contributed by atoms with van der Waals surface area (Å²) in [5.74, 6) is 0.860. The summed E-state index contributed by atoms with van der Waals surface area (Å²) in [6, 6.07) is 20.8. The van der Waals surface area contributed by atoms with Crippen LogP contribution in [0.25, 0.3) is 0 Å². The van der Waals surface area contributed by atoms with E-state index in [0.29, 0.717) is 30.2 Å². The first kappa shape index (κ1) is 29.8. The van der Waals surface area contributed by atoms with Crippen molar-refractivity contribution in [3.05, 3.63) is 78.4 Å². The van der Waals surface area contributed by atoms with Crippen molar-refractivity contribution in [2.24, 2.45) is 0 Å². The molecule has 0 aromatic heterocycles. The topological polar surface area (TPSA) is 94.2 Å². The molecule has 0 aliphatic rings. The molecule has 39 heavy (non-hydrogen) atoms. The molecule has 0 aliphatic heterocycles. The number of ether oxygens (including phenoxy) is 3. The fourth-order valence-corrected chi connectivity index (χ4v) is 6.01. The zero-order chi connectivity index (χ0) is 28.6. The minimum absolute atomic E-state index is 0.0277. The quantitative estimate of drug-likeness (QED) is 0.313. The van der Waals surface area contributed by atoms with Crippen LogP contribution >= 0.6 is 0 Å². The first-order valence-electron chi connectivity index (χ1n) is 12.8. The Kier molecular flexibility index (Phi) is 9.86. The van der Waals surface area contributed by atoms with Crippen molar-refractivity contribution in [3.63, 3.8) is 0 Å². The Hall–Kier alpha value is -3.72. The molecule has 0 spiro atoms. The third kappa shape index (κ3) is 7.44. The molecule has 8 nitrogen and oxygen atoms in total. The summed E-state index contributed by atoms with van der Waals surface area (Å²) in [4.78, 5) is 13.2. The average Bonchev–Trinajstić information content (AvgIpc) is 2.92. The zero-order valence-electron chi connectivity index (χ0n) is 23.4. The van der Waals surface area contributed by atoms with Crippen molar-refractivity contribution < 1.29 is 27.4 Å². The van der Waals surface area contributed by atoms with Crippen LogP contribution in [0.1, 0.15) is 39.7 Å². The van der Waals surface area contributed by atoms with Crippen LogP contribution in [0, 0.1) is 0 Å². The molecule has 0 saturated heterocycles. The smallest absolute Gasteiger partial charge is 0.264 e. The Morgan fingerprint density at radius 2 is 1.59 bits per heavy atom. The van der Waals surface area contributed by atoms with Gasteiger partial charge in [0.1, 0.15) is 12.3 Å². The Morgan fingerprint density at radius 3 is 2.18 bits per heavy atom. The van der Waals surface area contributed by atoms with Crippen LogP contribution in [-0.2, 0) is 20.2 Å². The van der Waals surface area contributed by atoms with E-state index in [1.54, 1.807) is 24.3 Å². The standard InChI is InChI=1S/C30H38N2O6S/c1-7-38-25-15-13-24(14-16-25)32(39(34,35)26-17-18-27(36-5)28(19-26)37-6)21-29(33)31-22(2)20-30(3,4)23-11-9-8-10-12-23/h8-19,22H,7,20-21H2,1-6H3,(H,31,33). The maximum atomic E-state index is 13.9. The highest BCUT2D eigenvalue weighted by Gasteiger charge is 2.30. The van der Waals surface area contributed by atoms with Gasteiger partial charge in [0.15, 0.2) is 11.5 Å². The van der Waals surface area contributed by atoms with Crippen LogP contribution in [-0.4, -0.2) is 47.7 Å². The Morgan fingerprint density at radius 1 is 0.949 bits per heavy atom. The lowest BCUT2D eigenvalue weighted by Gasteiger charge is -2.30. The van der Waals surface area contributed by atoms with Crippen molar-refractivity contribution in [1.82, 2.24) is 5.32 Å². The predicted octanol–water partition coefficient (Wildman–Crippen LogP) is 5.17. The Bertz CT molecular complexity index is 1340. The average molecular weight is 555 g/mol. The third-order valence-electron chi connectivity index (χ3n) is 6.45. The highest BCUT2D eigenvalue weighted by Crippen LogP contribution is 2.33. The van der Waals surface area contributed by atoms with E-state index in [1.807, 2.05) is 32.0 Å². The van der Waals surface area contributed by atoms with Gasteiger partial charge in [-0.25, -0.2) is 8.42 Å². The molecule has 0 fully saturated rings. The SMILES string of the molecule is CCOc1ccc(N(CC(=O)NC(C)CC(C)(C)c2ccccc2)S(=O)(=O)c2ccc(OC)c(OC)c2)cc1. The van der Waals surface area contributed by atoms with E-state index in [2.05, 4.69) is 31.3 Å². The summed E-state index contributed by atoms with van der Waals surface area (Å²) < 4.78 is 44.9. The molecule has 1 amide bonds. The molecule has 0 radical (unpaired) electrons. The lowest BCUT2D eigenvalue weighted by molar-refractivity contribution is -0.120. The van der Waals surface area contributed by atoms with E-state index in [0.717, 1.165) is 9.87 Å². The van der Waals surface area contributed by atoms with Crippen LogP contribution in [0.4, 0.5) is 5.69 Å². The molecule has 210 valence electrons. The van der Waals surface area contributed by atoms with Crippen LogP contribution in [0.2, 0.25) is 0 Å². The van der Waals surface area contributed by atoms with Crippen molar-refractivity contribution in [1.29, 1.82) is 0 Å². The molecule has 0 bridgehead atoms. The number of anilines is 1. The van der Waals surface area contributed by atoms with Gasteiger partial charge in [0.25, 0.3) is 10.0 Å². The largest absolute Gasteiger partial charge is 0.494 e. The van der Waals surface area contributed by atoms with Crippen molar-refractivity contribution in [2.75, 3.05) is 31.7 Å². The zero-order valence-corrected chi connectivity index (χ0v) is 24.2. The van der Waals surface area contributed by atoms with Crippen LogP contribution in [0.5, 0.6) is 17.2 Å². The number of hydrogen-bond donors (Lipinski definition) is 1. The molecule has 3 rings (SSSR count). The second-order valence-electron chi connectivity index (χ2n) is 9.88. The van der Waals surface area contributed by atoms with E-state index in [4.69, 9.17) is 14.2 Å². The lowest BCUT2D eigenvalue weighted by atomic mass is 9.79. The van der Waals surface area contributed by atoms with Gasteiger partial charge in [-0.15, -0.1) is 0 Å². The van der Waals surface area contributed by atoms with Gasteiger partial charge in [0, 0.05) is 12.1 Å². The van der Waals surface area contributed by atoms with Crippen LogP contribution < -0.4 is 23.8 Å². The number of sulfonamides is 1. The number of hydrogen-bond acceptors (Lipinski definition) is 6. The van der Waals surface area contributed by atoms with Gasteiger partial charge in [0.05, 0.1) is 31.4 Å². The number of rotatable bonds is 13. The van der Waals surface area contributed by atoms with Crippen molar-refractivity contribution in [3.8, 4) is 17.2 Å². The van der Waals surface area contributed by atoms with Gasteiger partial charge in [-0.3, -0.25) is 9.10 Å². The molecule has 3 aromatic carbocycles. The lowest BCUT2D eigenvalue weighted by Crippen LogP contribution is -2.45. The Balaban J connectivity index is 1.88. The van der Waals surface area contributed by atoms with Crippen molar-refractivity contribution in [2.45, 2.75) is 50.5 Å². The highest BCUT2D eigenvalue weighted by molar-refractivity contribution is 7.92. The molecule has 3 aromatic rings. The molecule has 0 heterocycles. The van der Waals surface area contributed by atoms with E-state index in [1.165, 1.54) is 32.4 Å². The van der Waals surface area contributed by atoms with Crippen LogP contribution in [0.15, 0.2) is 77.7 Å².